The van der Waals surface area contributed by atoms with Crippen LogP contribution in [0.4, 0.5) is 0 Å². The molecule has 0 radical (unpaired) electrons. The van der Waals surface area contributed by atoms with Gasteiger partial charge < -0.3 is 0 Å². The minimum atomic E-state index is 0.781. The highest BCUT2D eigenvalue weighted by molar-refractivity contribution is 5.64. The summed E-state index contributed by atoms with van der Waals surface area (Å²) in [6.45, 7) is 3.54. The fourth-order valence-electron chi connectivity index (χ4n) is 0.366. The lowest BCUT2D eigenvalue weighted by molar-refractivity contribution is -0.104. The highest BCUT2D eigenvalue weighted by Gasteiger charge is 1.70. The van der Waals surface area contributed by atoms with Gasteiger partial charge in [0.1, 0.15) is 6.29 Å². The molecule has 0 bridgehead atoms. The van der Waals surface area contributed by atoms with Crippen molar-refractivity contribution in [2.45, 2.75) is 12.8 Å². The van der Waals surface area contributed by atoms with Gasteiger partial charge in [-0.15, -0.1) is 6.58 Å². The fraction of sp³-hybridized carbons (Fsp3) is 0.286. The molecule has 0 saturated heterocycles. The molecule has 8 heavy (non-hydrogen) atoms. The summed E-state index contributed by atoms with van der Waals surface area (Å²) in [6.07, 6.45) is 7.81. The van der Waals surface area contributed by atoms with Crippen LogP contribution in [-0.2, 0) is 4.79 Å². The maximum absolute atomic E-state index is 9.66. The van der Waals surface area contributed by atoms with Gasteiger partial charge in [-0.25, -0.2) is 0 Å². The van der Waals surface area contributed by atoms with E-state index in [1.54, 1.807) is 0 Å². The summed E-state index contributed by atoms with van der Waals surface area (Å²) in [6, 6.07) is 0. The second kappa shape index (κ2) is 6.15. The number of allylic oxidation sites excluding steroid dienone is 3. The smallest absolute Gasteiger partial charge is 0.142 e. The second-order valence-corrected chi connectivity index (χ2v) is 1.43. The molecule has 0 fully saturated rings. The SMILES string of the molecule is C=CCC/C=C/C=O. The van der Waals surface area contributed by atoms with E-state index < -0.39 is 0 Å². The molecular formula is C7H10O. The van der Waals surface area contributed by atoms with Crippen LogP contribution in [0, 0.1) is 0 Å². The van der Waals surface area contributed by atoms with Crippen LogP contribution in [0.15, 0.2) is 24.8 Å². The van der Waals surface area contributed by atoms with Crippen LogP contribution in [0.3, 0.4) is 0 Å². The van der Waals surface area contributed by atoms with Crippen LogP contribution in [0.25, 0.3) is 0 Å². The number of rotatable bonds is 4. The molecule has 0 aromatic heterocycles. The highest BCUT2D eigenvalue weighted by Crippen LogP contribution is 1.88. The Morgan fingerprint density at radius 2 is 2.12 bits per heavy atom. The molecule has 1 nitrogen and oxygen atoms in total. The number of carbonyl (C=O) groups excluding carboxylic acids is 1. The molecule has 0 atom stereocenters. The molecule has 0 aliphatic rings. The predicted molar refractivity (Wildman–Crippen MR) is 34.6 cm³/mol. The zero-order valence-electron chi connectivity index (χ0n) is 4.84. The van der Waals surface area contributed by atoms with Crippen molar-refractivity contribution >= 4 is 6.29 Å². The van der Waals surface area contributed by atoms with Gasteiger partial charge in [-0.05, 0) is 18.9 Å². The first kappa shape index (κ1) is 7.15. The zero-order valence-corrected chi connectivity index (χ0v) is 4.84. The molecule has 0 aliphatic heterocycles. The van der Waals surface area contributed by atoms with Crippen LogP contribution in [0.5, 0.6) is 0 Å². The summed E-state index contributed by atoms with van der Waals surface area (Å²) in [4.78, 5) is 9.66. The first-order chi connectivity index (χ1) is 3.91. The summed E-state index contributed by atoms with van der Waals surface area (Å²) in [5.41, 5.74) is 0. The summed E-state index contributed by atoms with van der Waals surface area (Å²) >= 11 is 0. The van der Waals surface area contributed by atoms with Gasteiger partial charge in [-0.1, -0.05) is 12.2 Å². The summed E-state index contributed by atoms with van der Waals surface area (Å²) in [5.74, 6) is 0. The van der Waals surface area contributed by atoms with Crippen LogP contribution in [0.1, 0.15) is 12.8 Å². The van der Waals surface area contributed by atoms with E-state index in [1.807, 2.05) is 12.2 Å². The van der Waals surface area contributed by atoms with Crippen molar-refractivity contribution in [2.24, 2.45) is 0 Å². The molecule has 0 spiro atoms. The van der Waals surface area contributed by atoms with Crippen molar-refractivity contribution in [3.63, 3.8) is 0 Å². The van der Waals surface area contributed by atoms with E-state index in [0.29, 0.717) is 0 Å². The third-order valence-electron chi connectivity index (χ3n) is 0.752. The van der Waals surface area contributed by atoms with E-state index >= 15 is 0 Å². The number of hydrogen-bond acceptors (Lipinski definition) is 1. The Morgan fingerprint density at radius 3 is 2.62 bits per heavy atom. The number of carbonyl (C=O) groups is 1. The minimum Gasteiger partial charge on any atom is -0.299 e. The lowest BCUT2D eigenvalue weighted by Crippen LogP contribution is -1.63. The van der Waals surface area contributed by atoms with Gasteiger partial charge in [0.15, 0.2) is 0 Å². The highest BCUT2D eigenvalue weighted by atomic mass is 16.1. The van der Waals surface area contributed by atoms with Gasteiger partial charge in [-0.2, -0.15) is 0 Å². The third kappa shape index (κ3) is 5.15. The molecular weight excluding hydrogens is 100 g/mol. The van der Waals surface area contributed by atoms with Crippen molar-refractivity contribution in [3.05, 3.63) is 24.8 Å². The average molecular weight is 110 g/mol. The van der Waals surface area contributed by atoms with Gasteiger partial charge in [0.25, 0.3) is 0 Å². The van der Waals surface area contributed by atoms with Crippen LogP contribution in [0.2, 0.25) is 0 Å². The molecule has 44 valence electrons. The standard InChI is InChI=1S/C7H10O/c1-2-3-4-5-6-7-8/h2,5-7H,1,3-4H2/b6-5+. The van der Waals surface area contributed by atoms with Crippen LogP contribution >= 0.6 is 0 Å². The molecule has 0 aromatic carbocycles. The van der Waals surface area contributed by atoms with E-state index in [4.69, 9.17) is 0 Å². The molecule has 0 heterocycles. The Bertz CT molecular complexity index is 92.6. The van der Waals surface area contributed by atoms with E-state index in [0.717, 1.165) is 19.1 Å². The van der Waals surface area contributed by atoms with Gasteiger partial charge in [-0.3, -0.25) is 4.79 Å². The van der Waals surface area contributed by atoms with Crippen molar-refractivity contribution in [1.29, 1.82) is 0 Å². The molecule has 0 amide bonds. The van der Waals surface area contributed by atoms with Crippen molar-refractivity contribution in [1.82, 2.24) is 0 Å². The number of unbranched alkanes of at least 4 members (excludes halogenated alkanes) is 1. The largest absolute Gasteiger partial charge is 0.299 e. The predicted octanol–water partition coefficient (Wildman–Crippen LogP) is 1.71. The molecule has 0 rings (SSSR count). The molecule has 1 heteroatoms. The molecule has 0 N–H and O–H groups in total. The van der Waals surface area contributed by atoms with Crippen molar-refractivity contribution < 1.29 is 4.79 Å². The number of hydrogen-bond donors (Lipinski definition) is 0. The molecule has 0 saturated carbocycles. The monoisotopic (exact) mass is 110 g/mol. The first-order valence-corrected chi connectivity index (χ1v) is 2.63. The normalized spacial score (nSPS) is 9.50. The Balaban J connectivity index is 3.02. The molecule has 0 aromatic rings. The van der Waals surface area contributed by atoms with Crippen molar-refractivity contribution in [2.75, 3.05) is 0 Å². The maximum atomic E-state index is 9.66. The Hall–Kier alpha value is -0.850. The van der Waals surface area contributed by atoms with Gasteiger partial charge >= 0.3 is 0 Å². The fourth-order valence-corrected chi connectivity index (χ4v) is 0.366. The second-order valence-electron chi connectivity index (χ2n) is 1.43. The zero-order chi connectivity index (χ0) is 6.24. The average Bonchev–Trinajstić information content (AvgIpc) is 1.81. The van der Waals surface area contributed by atoms with Gasteiger partial charge in [0.05, 0.1) is 0 Å². The third-order valence-corrected chi connectivity index (χ3v) is 0.752. The Kier molecular flexibility index (Phi) is 5.50. The maximum Gasteiger partial charge on any atom is 0.142 e. The summed E-state index contributed by atoms with van der Waals surface area (Å²) in [5, 5.41) is 0. The van der Waals surface area contributed by atoms with E-state index in [9.17, 15) is 4.79 Å². The van der Waals surface area contributed by atoms with Crippen LogP contribution in [-0.4, -0.2) is 6.29 Å². The Morgan fingerprint density at radius 1 is 1.38 bits per heavy atom. The van der Waals surface area contributed by atoms with E-state index in [2.05, 4.69) is 6.58 Å². The summed E-state index contributed by atoms with van der Waals surface area (Å²) in [7, 11) is 0. The Labute approximate surface area is 49.7 Å². The quantitative estimate of drug-likeness (QED) is 0.233. The topological polar surface area (TPSA) is 17.1 Å². The summed E-state index contributed by atoms with van der Waals surface area (Å²) < 4.78 is 0. The number of aldehydes is 1. The van der Waals surface area contributed by atoms with E-state index in [-0.39, 0.29) is 0 Å². The van der Waals surface area contributed by atoms with Gasteiger partial charge in [0, 0.05) is 0 Å². The van der Waals surface area contributed by atoms with Crippen LogP contribution < -0.4 is 0 Å². The lowest BCUT2D eigenvalue weighted by Gasteiger charge is -1.79. The van der Waals surface area contributed by atoms with Crippen molar-refractivity contribution in [3.8, 4) is 0 Å². The lowest BCUT2D eigenvalue weighted by atomic mass is 10.3. The molecule has 0 aliphatic carbocycles. The minimum absolute atomic E-state index is 0.781. The van der Waals surface area contributed by atoms with E-state index in [1.165, 1.54) is 6.08 Å². The first-order valence-electron chi connectivity index (χ1n) is 2.63. The molecule has 0 unspecified atom stereocenters. The van der Waals surface area contributed by atoms with Gasteiger partial charge in [0.2, 0.25) is 0 Å².